The molecule has 0 saturated carbocycles. The van der Waals surface area contributed by atoms with E-state index in [4.69, 9.17) is 4.74 Å². The van der Waals surface area contributed by atoms with Gasteiger partial charge >= 0.3 is 0 Å². The smallest absolute Gasteiger partial charge is 0.159 e. The zero-order chi connectivity index (χ0) is 13.2. The van der Waals surface area contributed by atoms with Gasteiger partial charge in [-0.1, -0.05) is 42.5 Å². The van der Waals surface area contributed by atoms with Crippen molar-refractivity contribution in [2.75, 3.05) is 13.2 Å². The van der Waals surface area contributed by atoms with Crippen molar-refractivity contribution in [3.05, 3.63) is 54.1 Å². The summed E-state index contributed by atoms with van der Waals surface area (Å²) in [5.41, 5.74) is 1.87. The van der Waals surface area contributed by atoms with E-state index in [0.717, 1.165) is 30.6 Å². The van der Waals surface area contributed by atoms with Crippen molar-refractivity contribution in [3.8, 4) is 0 Å². The summed E-state index contributed by atoms with van der Waals surface area (Å²) in [7, 11) is 0. The highest BCUT2D eigenvalue weighted by Gasteiger charge is 1.96. The third kappa shape index (κ3) is 5.60. The third-order valence-corrected chi connectivity index (χ3v) is 2.52. The standard InChI is InChI=1S/C16H20O2/c1-3-12-18-13-6-4-5-7-15-8-10-16(11-9-15)14(2)17/h3,5,7-11H,1,4,6,12-13H2,2H3/b7-5+. The molecule has 2 heteroatoms. The van der Waals surface area contributed by atoms with Gasteiger partial charge in [-0.2, -0.15) is 0 Å². The van der Waals surface area contributed by atoms with Gasteiger partial charge in [0.1, 0.15) is 0 Å². The van der Waals surface area contributed by atoms with Crippen LogP contribution in [-0.2, 0) is 4.74 Å². The van der Waals surface area contributed by atoms with E-state index in [1.807, 2.05) is 24.3 Å². The van der Waals surface area contributed by atoms with E-state index < -0.39 is 0 Å². The Labute approximate surface area is 109 Å². The fourth-order valence-corrected chi connectivity index (χ4v) is 1.52. The number of Topliss-reactive ketones (excluding diaryl/α,β-unsaturated/α-hetero) is 1. The van der Waals surface area contributed by atoms with Crippen molar-refractivity contribution in [1.29, 1.82) is 0 Å². The Morgan fingerprint density at radius 1 is 1.33 bits per heavy atom. The van der Waals surface area contributed by atoms with E-state index in [-0.39, 0.29) is 5.78 Å². The molecule has 0 aliphatic carbocycles. The van der Waals surface area contributed by atoms with Gasteiger partial charge in [-0.05, 0) is 25.3 Å². The molecule has 0 radical (unpaired) electrons. The first kappa shape index (κ1) is 14.4. The van der Waals surface area contributed by atoms with Crippen LogP contribution in [0.3, 0.4) is 0 Å². The Bertz CT molecular complexity index is 402. The molecule has 1 rings (SSSR count). The van der Waals surface area contributed by atoms with Gasteiger partial charge in [0.2, 0.25) is 0 Å². The second kappa shape index (κ2) is 8.43. The van der Waals surface area contributed by atoms with Crippen molar-refractivity contribution >= 4 is 11.9 Å². The summed E-state index contributed by atoms with van der Waals surface area (Å²) in [6.45, 7) is 6.55. The Balaban J connectivity index is 2.29. The summed E-state index contributed by atoms with van der Waals surface area (Å²) in [4.78, 5) is 11.1. The second-order valence-electron chi connectivity index (χ2n) is 4.09. The first-order valence-electron chi connectivity index (χ1n) is 6.20. The van der Waals surface area contributed by atoms with Crippen molar-refractivity contribution in [2.24, 2.45) is 0 Å². The molecule has 0 aliphatic rings. The Kier molecular flexibility index (Phi) is 6.74. The number of rotatable bonds is 8. The molecule has 0 fully saturated rings. The average Bonchev–Trinajstić information content (AvgIpc) is 2.38. The van der Waals surface area contributed by atoms with Gasteiger partial charge in [-0.15, -0.1) is 6.58 Å². The minimum absolute atomic E-state index is 0.102. The molecular formula is C16H20O2. The zero-order valence-electron chi connectivity index (χ0n) is 10.9. The van der Waals surface area contributed by atoms with Gasteiger partial charge in [-0.25, -0.2) is 0 Å². The molecule has 2 nitrogen and oxygen atoms in total. The Morgan fingerprint density at radius 2 is 2.06 bits per heavy atom. The second-order valence-corrected chi connectivity index (χ2v) is 4.09. The Hall–Kier alpha value is -1.67. The predicted octanol–water partition coefficient (Wildman–Crippen LogP) is 3.89. The number of hydrogen-bond acceptors (Lipinski definition) is 2. The monoisotopic (exact) mass is 244 g/mol. The molecule has 0 unspecified atom stereocenters. The highest BCUT2D eigenvalue weighted by atomic mass is 16.5. The quantitative estimate of drug-likeness (QED) is 0.394. The van der Waals surface area contributed by atoms with Gasteiger partial charge < -0.3 is 4.74 Å². The molecule has 96 valence electrons. The minimum atomic E-state index is 0.102. The average molecular weight is 244 g/mol. The molecule has 0 heterocycles. The van der Waals surface area contributed by atoms with E-state index in [0.29, 0.717) is 6.61 Å². The molecule has 0 atom stereocenters. The summed E-state index contributed by atoms with van der Waals surface area (Å²) in [5.74, 6) is 0.102. The molecule has 0 N–H and O–H groups in total. The van der Waals surface area contributed by atoms with Gasteiger partial charge in [0.05, 0.1) is 6.61 Å². The molecule has 0 amide bonds. The van der Waals surface area contributed by atoms with Crippen LogP contribution in [0.1, 0.15) is 35.7 Å². The lowest BCUT2D eigenvalue weighted by Crippen LogP contribution is -1.92. The van der Waals surface area contributed by atoms with Crippen LogP contribution in [0.25, 0.3) is 6.08 Å². The maximum atomic E-state index is 11.1. The normalized spacial score (nSPS) is 10.7. The third-order valence-electron chi connectivity index (χ3n) is 2.52. The first-order valence-corrected chi connectivity index (χ1v) is 6.20. The number of carbonyl (C=O) groups excluding carboxylic acids is 1. The van der Waals surface area contributed by atoms with Crippen molar-refractivity contribution < 1.29 is 9.53 Å². The fourth-order valence-electron chi connectivity index (χ4n) is 1.52. The molecule has 0 bridgehead atoms. The van der Waals surface area contributed by atoms with E-state index in [2.05, 4.69) is 18.7 Å². The molecule has 0 aromatic heterocycles. The molecule has 1 aromatic rings. The summed E-state index contributed by atoms with van der Waals surface area (Å²) in [6.07, 6.45) is 7.95. The number of unbranched alkanes of at least 4 members (excludes halogenated alkanes) is 1. The molecule has 0 aliphatic heterocycles. The number of benzene rings is 1. The predicted molar refractivity (Wildman–Crippen MR) is 75.7 cm³/mol. The number of hydrogen-bond donors (Lipinski definition) is 0. The number of carbonyl (C=O) groups is 1. The lowest BCUT2D eigenvalue weighted by atomic mass is 10.1. The van der Waals surface area contributed by atoms with Crippen LogP contribution in [0.5, 0.6) is 0 Å². The van der Waals surface area contributed by atoms with Crippen LogP contribution in [0.15, 0.2) is 43.0 Å². The zero-order valence-corrected chi connectivity index (χ0v) is 10.9. The highest BCUT2D eigenvalue weighted by Crippen LogP contribution is 2.07. The molecule has 0 saturated heterocycles. The van der Waals surface area contributed by atoms with Gasteiger partial charge in [0.25, 0.3) is 0 Å². The Morgan fingerprint density at radius 3 is 2.67 bits per heavy atom. The number of allylic oxidation sites excluding steroid dienone is 1. The highest BCUT2D eigenvalue weighted by molar-refractivity contribution is 5.94. The lowest BCUT2D eigenvalue weighted by molar-refractivity contribution is 0.101. The topological polar surface area (TPSA) is 26.3 Å². The van der Waals surface area contributed by atoms with Crippen molar-refractivity contribution in [3.63, 3.8) is 0 Å². The molecule has 18 heavy (non-hydrogen) atoms. The maximum Gasteiger partial charge on any atom is 0.159 e. The molecule has 1 aromatic carbocycles. The van der Waals surface area contributed by atoms with Crippen LogP contribution in [0.4, 0.5) is 0 Å². The van der Waals surface area contributed by atoms with Gasteiger partial charge in [0, 0.05) is 12.2 Å². The maximum absolute atomic E-state index is 11.1. The van der Waals surface area contributed by atoms with Gasteiger partial charge in [-0.3, -0.25) is 4.79 Å². The SMILES string of the molecule is C=CCOCCC/C=C/c1ccc(C(C)=O)cc1. The van der Waals surface area contributed by atoms with Crippen LogP contribution in [0.2, 0.25) is 0 Å². The summed E-state index contributed by atoms with van der Waals surface area (Å²) < 4.78 is 5.29. The van der Waals surface area contributed by atoms with E-state index in [1.54, 1.807) is 13.0 Å². The van der Waals surface area contributed by atoms with E-state index in [1.165, 1.54) is 0 Å². The lowest BCUT2D eigenvalue weighted by Gasteiger charge is -1.98. The van der Waals surface area contributed by atoms with Crippen LogP contribution in [-0.4, -0.2) is 19.0 Å². The van der Waals surface area contributed by atoms with E-state index in [9.17, 15) is 4.79 Å². The van der Waals surface area contributed by atoms with Crippen molar-refractivity contribution in [1.82, 2.24) is 0 Å². The summed E-state index contributed by atoms with van der Waals surface area (Å²) >= 11 is 0. The fraction of sp³-hybridized carbons (Fsp3) is 0.312. The van der Waals surface area contributed by atoms with Crippen molar-refractivity contribution in [2.45, 2.75) is 19.8 Å². The molecule has 0 spiro atoms. The number of ether oxygens (including phenoxy) is 1. The molecular weight excluding hydrogens is 224 g/mol. The summed E-state index contributed by atoms with van der Waals surface area (Å²) in [5, 5.41) is 0. The minimum Gasteiger partial charge on any atom is -0.377 e. The van der Waals surface area contributed by atoms with E-state index >= 15 is 0 Å². The van der Waals surface area contributed by atoms with Gasteiger partial charge in [0.15, 0.2) is 5.78 Å². The van der Waals surface area contributed by atoms with Crippen LogP contribution in [0, 0.1) is 0 Å². The number of ketones is 1. The summed E-state index contributed by atoms with van der Waals surface area (Å²) in [6, 6.07) is 7.63. The first-order chi connectivity index (χ1) is 8.74. The largest absolute Gasteiger partial charge is 0.377 e. The van der Waals surface area contributed by atoms with Crippen LogP contribution < -0.4 is 0 Å². The van der Waals surface area contributed by atoms with Crippen LogP contribution >= 0.6 is 0 Å².